The highest BCUT2D eigenvalue weighted by atomic mass is 16.5. The summed E-state index contributed by atoms with van der Waals surface area (Å²) in [6.07, 6.45) is 2.68. The van der Waals surface area contributed by atoms with Crippen LogP contribution in [0.4, 0.5) is 10.5 Å². The molecule has 1 unspecified atom stereocenters. The Morgan fingerprint density at radius 2 is 1.62 bits per heavy atom. The standard InChI is InChI=1S/C30H44B2N4O6/c1-3-42-30(2,32)17-16-26(37)35-25(19-21-9-5-4-6-10-21)28(39)36-24(11-7-8-18-33)27(38)34-23-14-12-22(13-15-23)20-41-29(31)40/h4-6,9-10,12-15,24-25H,3,7-8,11,16-20,31-33H2,1-2H3,(H,34,38)(H,35,37)(H,36,39)/t24-,25-,30?/m0/s1. The number of hydrogen-bond acceptors (Lipinski definition) is 7. The molecule has 0 aromatic heterocycles. The molecular weight excluding hydrogens is 534 g/mol. The van der Waals surface area contributed by atoms with Crippen LogP contribution < -0.4 is 21.7 Å². The third-order valence-corrected chi connectivity index (χ3v) is 6.67. The lowest BCUT2D eigenvalue weighted by molar-refractivity contribution is -0.131. The topological polar surface area (TPSA) is 149 Å². The van der Waals surface area contributed by atoms with Crippen molar-refractivity contribution in [1.82, 2.24) is 10.6 Å². The summed E-state index contributed by atoms with van der Waals surface area (Å²) in [6, 6.07) is 14.6. The lowest BCUT2D eigenvalue weighted by atomic mass is 9.79. The van der Waals surface area contributed by atoms with Crippen LogP contribution in [0, 0.1) is 0 Å². The minimum Gasteiger partial charge on any atom is -0.469 e. The summed E-state index contributed by atoms with van der Waals surface area (Å²) < 4.78 is 10.7. The van der Waals surface area contributed by atoms with Gasteiger partial charge < -0.3 is 31.2 Å². The van der Waals surface area contributed by atoms with Crippen molar-refractivity contribution >= 4 is 45.0 Å². The summed E-state index contributed by atoms with van der Waals surface area (Å²) in [6.45, 7) is 4.98. The molecule has 0 radical (unpaired) electrons. The summed E-state index contributed by atoms with van der Waals surface area (Å²) in [5.74, 6) is -1.46. The molecule has 12 heteroatoms. The van der Waals surface area contributed by atoms with Crippen molar-refractivity contribution in [2.24, 2.45) is 5.73 Å². The Hall–Kier alpha value is -3.63. The first-order chi connectivity index (χ1) is 20.0. The molecular formula is C30H44B2N4O6. The van der Waals surface area contributed by atoms with E-state index in [0.29, 0.717) is 44.5 Å². The fourth-order valence-corrected chi connectivity index (χ4v) is 4.34. The summed E-state index contributed by atoms with van der Waals surface area (Å²) in [7, 11) is 3.27. The number of rotatable bonds is 18. The van der Waals surface area contributed by atoms with Gasteiger partial charge in [-0.1, -0.05) is 42.5 Å². The smallest absolute Gasteiger partial charge is 0.246 e. The second kappa shape index (κ2) is 18.0. The Morgan fingerprint density at radius 3 is 2.24 bits per heavy atom. The molecule has 226 valence electrons. The molecule has 0 saturated carbocycles. The zero-order chi connectivity index (χ0) is 31.0. The van der Waals surface area contributed by atoms with Gasteiger partial charge >= 0.3 is 0 Å². The molecule has 0 bridgehead atoms. The maximum Gasteiger partial charge on any atom is 0.246 e. The third-order valence-electron chi connectivity index (χ3n) is 6.67. The molecule has 2 rings (SSSR count). The molecule has 0 spiro atoms. The van der Waals surface area contributed by atoms with Crippen molar-refractivity contribution in [3.63, 3.8) is 0 Å². The molecule has 42 heavy (non-hydrogen) atoms. The number of benzene rings is 2. The normalized spacial score (nSPS) is 13.7. The molecule has 2 aromatic rings. The maximum atomic E-state index is 13.6. The van der Waals surface area contributed by atoms with Crippen molar-refractivity contribution in [3.8, 4) is 0 Å². The summed E-state index contributed by atoms with van der Waals surface area (Å²) in [5, 5.41) is 8.59. The summed E-state index contributed by atoms with van der Waals surface area (Å²) in [5.41, 5.74) is 7.40. The van der Waals surface area contributed by atoms with E-state index in [1.807, 2.05) is 52.0 Å². The highest BCUT2D eigenvalue weighted by Crippen LogP contribution is 2.15. The van der Waals surface area contributed by atoms with Crippen LogP contribution in [-0.2, 0) is 36.9 Å². The molecule has 10 nitrogen and oxygen atoms in total. The van der Waals surface area contributed by atoms with E-state index in [-0.39, 0.29) is 37.1 Å². The van der Waals surface area contributed by atoms with Gasteiger partial charge in [-0.2, -0.15) is 0 Å². The zero-order valence-electron chi connectivity index (χ0n) is 25.2. The minimum absolute atomic E-state index is 0.138. The minimum atomic E-state index is -0.875. The predicted molar refractivity (Wildman–Crippen MR) is 169 cm³/mol. The van der Waals surface area contributed by atoms with Crippen molar-refractivity contribution in [2.75, 3.05) is 18.5 Å². The molecule has 0 aliphatic heterocycles. The van der Waals surface area contributed by atoms with Crippen LogP contribution in [0.5, 0.6) is 0 Å². The lowest BCUT2D eigenvalue weighted by Crippen LogP contribution is -2.53. The Bertz CT molecular complexity index is 1150. The van der Waals surface area contributed by atoms with E-state index in [0.717, 1.165) is 11.1 Å². The second-order valence-electron chi connectivity index (χ2n) is 10.8. The van der Waals surface area contributed by atoms with Crippen LogP contribution in [0.2, 0.25) is 0 Å². The number of carbonyl (C=O) groups excluding carboxylic acids is 4. The van der Waals surface area contributed by atoms with Crippen LogP contribution in [-0.4, -0.2) is 70.0 Å². The second-order valence-corrected chi connectivity index (χ2v) is 10.8. The molecule has 5 N–H and O–H groups in total. The number of nitrogens with two attached hydrogens (primary N) is 1. The number of hydrogen-bond donors (Lipinski definition) is 4. The van der Waals surface area contributed by atoms with Gasteiger partial charge in [-0.25, -0.2) is 0 Å². The molecule has 2 aromatic carbocycles. The van der Waals surface area contributed by atoms with E-state index in [2.05, 4.69) is 16.0 Å². The van der Waals surface area contributed by atoms with Gasteiger partial charge in [0.2, 0.25) is 31.4 Å². The van der Waals surface area contributed by atoms with Crippen molar-refractivity contribution in [2.45, 2.75) is 76.6 Å². The summed E-state index contributed by atoms with van der Waals surface area (Å²) >= 11 is 0. The molecule has 0 fully saturated rings. The van der Waals surface area contributed by atoms with Gasteiger partial charge in [0.05, 0.1) is 0 Å². The van der Waals surface area contributed by atoms with Gasteiger partial charge in [0.1, 0.15) is 26.5 Å². The van der Waals surface area contributed by atoms with Gasteiger partial charge in [0, 0.05) is 30.6 Å². The first-order valence-electron chi connectivity index (χ1n) is 14.5. The Kier molecular flexibility index (Phi) is 14.8. The number of anilines is 1. The number of unbranched alkanes of at least 4 members (excludes halogenated alkanes) is 1. The van der Waals surface area contributed by atoms with Gasteiger partial charge in [-0.3, -0.25) is 19.2 Å². The largest absolute Gasteiger partial charge is 0.469 e. The quantitative estimate of drug-likeness (QED) is 0.154. The van der Waals surface area contributed by atoms with E-state index in [1.54, 1.807) is 24.3 Å². The number of nitrogens with one attached hydrogen (secondary N) is 3. The van der Waals surface area contributed by atoms with E-state index >= 15 is 0 Å². The van der Waals surface area contributed by atoms with E-state index in [9.17, 15) is 19.2 Å². The number of ether oxygens (including phenoxy) is 2. The average molecular weight is 578 g/mol. The highest BCUT2D eigenvalue weighted by molar-refractivity contribution is 6.55. The monoisotopic (exact) mass is 578 g/mol. The first kappa shape index (κ1) is 34.6. The molecule has 3 atom stereocenters. The fourth-order valence-electron chi connectivity index (χ4n) is 4.34. The van der Waals surface area contributed by atoms with Gasteiger partial charge in [0.15, 0.2) is 0 Å². The first-order valence-corrected chi connectivity index (χ1v) is 14.5. The van der Waals surface area contributed by atoms with Gasteiger partial charge in [-0.15, -0.1) is 0 Å². The van der Waals surface area contributed by atoms with Gasteiger partial charge in [-0.05, 0) is 69.3 Å². The van der Waals surface area contributed by atoms with Crippen LogP contribution in [0.3, 0.4) is 0 Å². The van der Waals surface area contributed by atoms with Crippen molar-refractivity contribution < 1.29 is 28.7 Å². The van der Waals surface area contributed by atoms with E-state index in [1.165, 1.54) is 7.85 Å². The highest BCUT2D eigenvalue weighted by Gasteiger charge is 2.28. The average Bonchev–Trinajstić information content (AvgIpc) is 2.95. The van der Waals surface area contributed by atoms with Crippen LogP contribution >= 0.6 is 0 Å². The van der Waals surface area contributed by atoms with Gasteiger partial charge in [0.25, 0.3) is 0 Å². The Morgan fingerprint density at radius 1 is 0.929 bits per heavy atom. The summed E-state index contributed by atoms with van der Waals surface area (Å²) in [4.78, 5) is 50.8. The van der Waals surface area contributed by atoms with Crippen LogP contribution in [0.25, 0.3) is 0 Å². The van der Waals surface area contributed by atoms with Crippen LogP contribution in [0.1, 0.15) is 57.1 Å². The van der Waals surface area contributed by atoms with E-state index < -0.39 is 23.5 Å². The zero-order valence-corrected chi connectivity index (χ0v) is 25.2. The predicted octanol–water partition coefficient (Wildman–Crippen LogP) is 1.40. The van der Waals surface area contributed by atoms with Crippen LogP contribution in [0.15, 0.2) is 54.6 Å². The number of carbonyl (C=O) groups is 4. The van der Waals surface area contributed by atoms with Crippen molar-refractivity contribution in [1.29, 1.82) is 0 Å². The Balaban J connectivity index is 2.14. The fraction of sp³-hybridized carbons (Fsp3) is 0.467. The third kappa shape index (κ3) is 13.4. The lowest BCUT2D eigenvalue weighted by Gasteiger charge is -2.26. The molecule has 0 aliphatic rings. The SMILES string of the molecule is BC(=O)OCc1ccc(NC(=O)[C@H](CCCCN)NC(=O)[C@H](Cc2ccccc2)NC(=O)CCC(B)(C)OCC)cc1. The molecule has 0 saturated heterocycles. The van der Waals surface area contributed by atoms with Crippen molar-refractivity contribution in [3.05, 3.63) is 65.7 Å². The molecule has 0 aliphatic carbocycles. The molecule has 0 heterocycles. The Labute approximate surface area is 250 Å². The maximum absolute atomic E-state index is 13.6. The molecule has 3 amide bonds. The van der Waals surface area contributed by atoms with E-state index in [4.69, 9.17) is 15.2 Å². The number of amides is 3.